The van der Waals surface area contributed by atoms with Crippen LogP contribution in [0.25, 0.3) is 5.76 Å². The first-order valence-electron chi connectivity index (χ1n) is 10.6. The molecule has 34 heavy (non-hydrogen) atoms. The first-order valence-corrected chi connectivity index (χ1v) is 10.6. The molecule has 0 spiro atoms. The number of nitrogens with zero attached hydrogens (tertiary/aromatic N) is 3. The summed E-state index contributed by atoms with van der Waals surface area (Å²) < 4.78 is 10.8. The minimum atomic E-state index is -0.943. The molecule has 1 aliphatic heterocycles. The van der Waals surface area contributed by atoms with E-state index in [4.69, 9.17) is 9.47 Å². The SMILES string of the molecule is COc1cccc(OC)c1/C(O)=C1\C(=O)C(=O)N(c2ccc(N(C)C)cc2)C1c1ccccn1. The molecule has 1 aliphatic rings. The Kier molecular flexibility index (Phi) is 6.23. The first kappa shape index (κ1) is 22.8. The lowest BCUT2D eigenvalue weighted by atomic mass is 9.97. The van der Waals surface area contributed by atoms with Crippen molar-refractivity contribution in [2.45, 2.75) is 6.04 Å². The fourth-order valence-corrected chi connectivity index (χ4v) is 4.05. The number of ether oxygens (including phenoxy) is 2. The lowest BCUT2D eigenvalue weighted by Gasteiger charge is -2.25. The highest BCUT2D eigenvalue weighted by atomic mass is 16.5. The predicted octanol–water partition coefficient (Wildman–Crippen LogP) is 3.79. The molecule has 1 amide bonds. The molecule has 4 rings (SSSR count). The van der Waals surface area contributed by atoms with Gasteiger partial charge in [-0.05, 0) is 48.5 Å². The van der Waals surface area contributed by atoms with Gasteiger partial charge < -0.3 is 19.5 Å². The van der Waals surface area contributed by atoms with Crippen molar-refractivity contribution in [1.29, 1.82) is 0 Å². The minimum absolute atomic E-state index is 0.0943. The number of ketones is 1. The zero-order valence-electron chi connectivity index (χ0n) is 19.4. The number of hydrogen-bond acceptors (Lipinski definition) is 7. The Labute approximate surface area is 197 Å². The fraction of sp³-hybridized carbons (Fsp3) is 0.192. The van der Waals surface area contributed by atoms with Gasteiger partial charge in [0.25, 0.3) is 11.7 Å². The topological polar surface area (TPSA) is 92.2 Å². The second-order valence-corrected chi connectivity index (χ2v) is 7.87. The Morgan fingerprint density at radius 3 is 2.12 bits per heavy atom. The fourth-order valence-electron chi connectivity index (χ4n) is 4.05. The molecule has 2 heterocycles. The van der Waals surface area contributed by atoms with Gasteiger partial charge in [0.1, 0.15) is 28.9 Å². The number of carbonyl (C=O) groups is 2. The second kappa shape index (κ2) is 9.27. The largest absolute Gasteiger partial charge is 0.506 e. The molecule has 0 bridgehead atoms. The van der Waals surface area contributed by atoms with E-state index in [1.807, 2.05) is 31.1 Å². The maximum Gasteiger partial charge on any atom is 0.300 e. The quantitative estimate of drug-likeness (QED) is 0.341. The molecule has 1 saturated heterocycles. The van der Waals surface area contributed by atoms with Crippen LogP contribution in [0, 0.1) is 0 Å². The van der Waals surface area contributed by atoms with Gasteiger partial charge in [-0.25, -0.2) is 0 Å². The van der Waals surface area contributed by atoms with Gasteiger partial charge in [-0.2, -0.15) is 0 Å². The minimum Gasteiger partial charge on any atom is -0.506 e. The van der Waals surface area contributed by atoms with E-state index in [9.17, 15) is 14.7 Å². The van der Waals surface area contributed by atoms with Gasteiger partial charge in [-0.3, -0.25) is 19.5 Å². The Morgan fingerprint density at radius 1 is 0.941 bits per heavy atom. The van der Waals surface area contributed by atoms with E-state index in [2.05, 4.69) is 4.98 Å². The van der Waals surface area contributed by atoms with Crippen LogP contribution in [0.2, 0.25) is 0 Å². The van der Waals surface area contributed by atoms with Crippen molar-refractivity contribution >= 4 is 28.8 Å². The van der Waals surface area contributed by atoms with Crippen molar-refractivity contribution in [3.8, 4) is 11.5 Å². The zero-order valence-corrected chi connectivity index (χ0v) is 19.4. The van der Waals surface area contributed by atoms with Crippen LogP contribution in [0.3, 0.4) is 0 Å². The summed E-state index contributed by atoms with van der Waals surface area (Å²) in [6.45, 7) is 0. The highest BCUT2D eigenvalue weighted by Gasteiger charge is 2.48. The molecular weight excluding hydrogens is 434 g/mol. The third-order valence-electron chi connectivity index (χ3n) is 5.72. The van der Waals surface area contributed by atoms with E-state index >= 15 is 0 Å². The lowest BCUT2D eigenvalue weighted by molar-refractivity contribution is -0.132. The molecule has 1 atom stereocenters. The number of Topliss-reactive ketones (excluding diaryl/α,β-unsaturated/α-hetero) is 1. The number of aliphatic hydroxyl groups excluding tert-OH is 1. The summed E-state index contributed by atoms with van der Waals surface area (Å²) in [5.74, 6) is -1.37. The standard InChI is InChI=1S/C26H25N3O5/c1-28(2)16-11-13-17(14-12-16)29-23(18-8-5-6-15-27-18)22(25(31)26(29)32)24(30)21-19(33-3)9-7-10-20(21)34-4/h5-15,23,30H,1-4H3/b24-22+. The van der Waals surface area contributed by atoms with Crippen LogP contribution in [-0.4, -0.2) is 50.1 Å². The van der Waals surface area contributed by atoms with Crippen LogP contribution < -0.4 is 19.3 Å². The maximum absolute atomic E-state index is 13.3. The van der Waals surface area contributed by atoms with Crippen molar-refractivity contribution in [2.24, 2.45) is 0 Å². The molecular formula is C26H25N3O5. The summed E-state index contributed by atoms with van der Waals surface area (Å²) >= 11 is 0. The molecule has 1 fully saturated rings. The van der Waals surface area contributed by atoms with Crippen molar-refractivity contribution in [3.05, 3.63) is 83.7 Å². The van der Waals surface area contributed by atoms with Crippen LogP contribution in [0.1, 0.15) is 17.3 Å². The average molecular weight is 460 g/mol. The monoisotopic (exact) mass is 459 g/mol. The predicted molar refractivity (Wildman–Crippen MR) is 129 cm³/mol. The Balaban J connectivity index is 1.96. The first-order chi connectivity index (χ1) is 16.4. The molecule has 2 aromatic carbocycles. The van der Waals surface area contributed by atoms with E-state index in [1.54, 1.807) is 54.7 Å². The molecule has 3 aromatic rings. The molecule has 1 N–H and O–H groups in total. The molecule has 174 valence electrons. The molecule has 0 aliphatic carbocycles. The van der Waals surface area contributed by atoms with Gasteiger partial charge >= 0.3 is 0 Å². The van der Waals surface area contributed by atoms with Crippen LogP contribution in [-0.2, 0) is 9.59 Å². The number of rotatable bonds is 6. The number of benzene rings is 2. The molecule has 1 unspecified atom stereocenters. The summed E-state index contributed by atoms with van der Waals surface area (Å²) in [6, 6.07) is 16.5. The Morgan fingerprint density at radius 2 is 1.59 bits per heavy atom. The van der Waals surface area contributed by atoms with Crippen molar-refractivity contribution < 1.29 is 24.2 Å². The number of amides is 1. The van der Waals surface area contributed by atoms with Crippen LogP contribution >= 0.6 is 0 Å². The third-order valence-corrected chi connectivity index (χ3v) is 5.72. The summed E-state index contributed by atoms with van der Waals surface area (Å²) in [4.78, 5) is 34.3. The summed E-state index contributed by atoms with van der Waals surface area (Å²) in [5.41, 5.74) is 1.98. The Hall–Kier alpha value is -4.33. The van der Waals surface area contributed by atoms with Gasteiger partial charge in [0.05, 0.1) is 25.5 Å². The highest BCUT2D eigenvalue weighted by molar-refractivity contribution is 6.51. The van der Waals surface area contributed by atoms with Gasteiger partial charge in [0.15, 0.2) is 0 Å². The van der Waals surface area contributed by atoms with Gasteiger partial charge in [-0.1, -0.05) is 12.1 Å². The smallest absolute Gasteiger partial charge is 0.300 e. The van der Waals surface area contributed by atoms with E-state index < -0.39 is 23.5 Å². The summed E-state index contributed by atoms with van der Waals surface area (Å²) in [5, 5.41) is 11.4. The van der Waals surface area contributed by atoms with Crippen LogP contribution in [0.5, 0.6) is 11.5 Å². The van der Waals surface area contributed by atoms with E-state index in [0.717, 1.165) is 5.69 Å². The van der Waals surface area contributed by atoms with Crippen LogP contribution in [0.4, 0.5) is 11.4 Å². The number of pyridine rings is 1. The van der Waals surface area contributed by atoms with Gasteiger partial charge in [-0.15, -0.1) is 0 Å². The Bertz CT molecular complexity index is 1230. The van der Waals surface area contributed by atoms with Gasteiger partial charge in [0, 0.05) is 31.7 Å². The van der Waals surface area contributed by atoms with E-state index in [0.29, 0.717) is 22.9 Å². The molecule has 0 saturated carbocycles. The molecule has 8 nitrogen and oxygen atoms in total. The molecule has 1 aromatic heterocycles. The number of anilines is 2. The lowest BCUT2D eigenvalue weighted by Crippen LogP contribution is -2.29. The highest BCUT2D eigenvalue weighted by Crippen LogP contribution is 2.44. The number of aromatic nitrogens is 1. The third kappa shape index (κ3) is 3.83. The van der Waals surface area contributed by atoms with Crippen molar-refractivity contribution in [3.63, 3.8) is 0 Å². The summed E-state index contributed by atoms with van der Waals surface area (Å²) in [7, 11) is 6.73. The van der Waals surface area contributed by atoms with Gasteiger partial charge in [0.2, 0.25) is 0 Å². The molecule has 0 radical (unpaired) electrons. The van der Waals surface area contributed by atoms with E-state index in [1.165, 1.54) is 19.1 Å². The number of methoxy groups -OCH3 is 2. The van der Waals surface area contributed by atoms with E-state index in [-0.39, 0.29) is 11.1 Å². The van der Waals surface area contributed by atoms with Crippen LogP contribution in [0.15, 0.2) is 72.4 Å². The average Bonchev–Trinajstić information content (AvgIpc) is 3.13. The molecule has 8 heteroatoms. The van der Waals surface area contributed by atoms with Crippen molar-refractivity contribution in [2.75, 3.05) is 38.1 Å². The maximum atomic E-state index is 13.3. The second-order valence-electron chi connectivity index (χ2n) is 7.87. The zero-order chi connectivity index (χ0) is 24.4. The summed E-state index contributed by atoms with van der Waals surface area (Å²) in [6.07, 6.45) is 1.58. The number of carbonyl (C=O) groups excluding carboxylic acids is 2. The van der Waals surface area contributed by atoms with Crippen molar-refractivity contribution in [1.82, 2.24) is 4.98 Å². The number of aliphatic hydroxyl groups is 1. The normalized spacial score (nSPS) is 17.1. The number of hydrogen-bond donors (Lipinski definition) is 1.